The summed E-state index contributed by atoms with van der Waals surface area (Å²) >= 11 is 5.96. The van der Waals surface area contributed by atoms with Crippen LogP contribution in [0, 0.1) is 6.92 Å². The number of rotatable bonds is 3. The van der Waals surface area contributed by atoms with Gasteiger partial charge in [-0.15, -0.1) is 0 Å². The van der Waals surface area contributed by atoms with E-state index in [4.69, 9.17) is 11.6 Å². The lowest BCUT2D eigenvalue weighted by Crippen LogP contribution is -2.45. The van der Waals surface area contributed by atoms with Crippen LogP contribution in [0.5, 0.6) is 0 Å². The Balaban J connectivity index is 2.22. The first-order valence-corrected chi connectivity index (χ1v) is 7.85. The molecular weight excluding hydrogens is 272 g/mol. The molecular formula is C12H17ClN2O2S. The summed E-state index contributed by atoms with van der Waals surface area (Å²) in [5.74, 6) is 0. The summed E-state index contributed by atoms with van der Waals surface area (Å²) in [6, 6.07) is 4.89. The smallest absolute Gasteiger partial charge is 0.241 e. The predicted molar refractivity (Wildman–Crippen MR) is 72.4 cm³/mol. The van der Waals surface area contributed by atoms with E-state index in [9.17, 15) is 8.42 Å². The van der Waals surface area contributed by atoms with Crippen LogP contribution >= 0.6 is 11.6 Å². The number of sulfonamides is 1. The lowest BCUT2D eigenvalue weighted by molar-refractivity contribution is 0.428. The van der Waals surface area contributed by atoms with Gasteiger partial charge in [0.15, 0.2) is 0 Å². The van der Waals surface area contributed by atoms with Crippen LogP contribution < -0.4 is 10.0 Å². The van der Waals surface area contributed by atoms with E-state index in [0.717, 1.165) is 19.4 Å². The Labute approximate surface area is 113 Å². The highest BCUT2D eigenvalue weighted by atomic mass is 35.5. The van der Waals surface area contributed by atoms with Gasteiger partial charge in [-0.2, -0.15) is 0 Å². The maximum Gasteiger partial charge on any atom is 0.241 e. The van der Waals surface area contributed by atoms with Crippen LogP contribution in [0.4, 0.5) is 0 Å². The molecule has 0 aliphatic carbocycles. The van der Waals surface area contributed by atoms with E-state index in [1.54, 1.807) is 25.1 Å². The average molecular weight is 289 g/mol. The van der Waals surface area contributed by atoms with Gasteiger partial charge in [0.25, 0.3) is 0 Å². The summed E-state index contributed by atoms with van der Waals surface area (Å²) in [6.07, 6.45) is 1.85. The highest BCUT2D eigenvalue weighted by Gasteiger charge is 2.23. The minimum absolute atomic E-state index is 0.0397. The van der Waals surface area contributed by atoms with Crippen molar-refractivity contribution in [2.24, 2.45) is 0 Å². The first-order chi connectivity index (χ1) is 8.50. The van der Waals surface area contributed by atoms with Crippen molar-refractivity contribution in [3.63, 3.8) is 0 Å². The quantitative estimate of drug-likeness (QED) is 0.890. The second kappa shape index (κ2) is 5.57. The Morgan fingerprint density at radius 3 is 2.89 bits per heavy atom. The number of hydrogen-bond acceptors (Lipinski definition) is 3. The molecule has 2 N–H and O–H groups in total. The van der Waals surface area contributed by atoms with Crippen molar-refractivity contribution in [3.05, 3.63) is 28.8 Å². The van der Waals surface area contributed by atoms with Crippen LogP contribution in [-0.4, -0.2) is 27.5 Å². The van der Waals surface area contributed by atoms with Crippen molar-refractivity contribution >= 4 is 21.6 Å². The summed E-state index contributed by atoms with van der Waals surface area (Å²) in [5.41, 5.74) is 0.593. The molecule has 1 aliphatic heterocycles. The van der Waals surface area contributed by atoms with Gasteiger partial charge < -0.3 is 5.32 Å². The maximum atomic E-state index is 12.3. The van der Waals surface area contributed by atoms with Gasteiger partial charge >= 0.3 is 0 Å². The Kier molecular flexibility index (Phi) is 4.27. The molecule has 0 unspecified atom stereocenters. The zero-order chi connectivity index (χ0) is 13.2. The maximum absolute atomic E-state index is 12.3. The van der Waals surface area contributed by atoms with Crippen molar-refractivity contribution in [1.29, 1.82) is 0 Å². The SMILES string of the molecule is Cc1c(Cl)cccc1S(=O)(=O)N[C@@H]1CCCNC1. The first-order valence-electron chi connectivity index (χ1n) is 5.99. The van der Waals surface area contributed by atoms with Gasteiger partial charge in [-0.3, -0.25) is 0 Å². The number of piperidine rings is 1. The zero-order valence-electron chi connectivity index (χ0n) is 10.2. The molecule has 0 aromatic heterocycles. The fraction of sp³-hybridized carbons (Fsp3) is 0.500. The first kappa shape index (κ1) is 13.8. The molecule has 4 nitrogen and oxygen atoms in total. The molecule has 1 aromatic carbocycles. The number of halogens is 1. The Morgan fingerprint density at radius 2 is 2.22 bits per heavy atom. The van der Waals surface area contributed by atoms with Gasteiger partial charge in [0.2, 0.25) is 10.0 Å². The summed E-state index contributed by atoms with van der Waals surface area (Å²) in [4.78, 5) is 0.264. The summed E-state index contributed by atoms with van der Waals surface area (Å²) in [6.45, 7) is 3.35. The Hall–Kier alpha value is -0.620. The van der Waals surface area contributed by atoms with E-state index >= 15 is 0 Å². The largest absolute Gasteiger partial charge is 0.315 e. The third kappa shape index (κ3) is 3.03. The Morgan fingerprint density at radius 1 is 1.44 bits per heavy atom. The standard InChI is InChI=1S/C12H17ClN2O2S/c1-9-11(13)5-2-6-12(9)18(16,17)15-10-4-3-7-14-8-10/h2,5-6,10,14-15H,3-4,7-8H2,1H3/t10-/m1/s1. The highest BCUT2D eigenvalue weighted by molar-refractivity contribution is 7.89. The third-order valence-electron chi connectivity index (χ3n) is 3.13. The fourth-order valence-corrected chi connectivity index (χ4v) is 3.88. The van der Waals surface area contributed by atoms with Gasteiger partial charge in [-0.05, 0) is 44.0 Å². The summed E-state index contributed by atoms with van der Waals surface area (Å²) < 4.78 is 27.3. The molecule has 0 amide bonds. The summed E-state index contributed by atoms with van der Waals surface area (Å²) in [7, 11) is -3.49. The normalized spacial score (nSPS) is 20.9. The van der Waals surface area contributed by atoms with Gasteiger partial charge in [0.1, 0.15) is 0 Å². The van der Waals surface area contributed by atoms with Gasteiger partial charge in [-0.25, -0.2) is 13.1 Å². The second-order valence-electron chi connectivity index (χ2n) is 4.53. The minimum atomic E-state index is -3.49. The van der Waals surface area contributed by atoms with Crippen LogP contribution in [0.15, 0.2) is 23.1 Å². The van der Waals surface area contributed by atoms with Gasteiger partial charge in [-0.1, -0.05) is 17.7 Å². The van der Waals surface area contributed by atoms with Crippen molar-refractivity contribution in [2.45, 2.75) is 30.7 Å². The van der Waals surface area contributed by atoms with Crippen molar-refractivity contribution < 1.29 is 8.42 Å². The van der Waals surface area contributed by atoms with Crippen LogP contribution in [-0.2, 0) is 10.0 Å². The van der Waals surface area contributed by atoms with Crippen LogP contribution in [0.2, 0.25) is 5.02 Å². The molecule has 1 saturated heterocycles. The molecule has 1 fully saturated rings. The molecule has 6 heteroatoms. The van der Waals surface area contributed by atoms with Crippen LogP contribution in [0.3, 0.4) is 0 Å². The average Bonchev–Trinajstić information content (AvgIpc) is 2.33. The molecule has 1 atom stereocenters. The lowest BCUT2D eigenvalue weighted by atomic mass is 10.1. The molecule has 0 saturated carbocycles. The van der Waals surface area contributed by atoms with E-state index in [2.05, 4.69) is 10.0 Å². The molecule has 0 spiro atoms. The molecule has 2 rings (SSSR count). The van der Waals surface area contributed by atoms with E-state index in [1.165, 1.54) is 0 Å². The molecule has 1 heterocycles. The highest BCUT2D eigenvalue weighted by Crippen LogP contribution is 2.23. The van der Waals surface area contributed by atoms with Gasteiger partial charge in [0, 0.05) is 17.6 Å². The monoisotopic (exact) mass is 288 g/mol. The van der Waals surface area contributed by atoms with E-state index < -0.39 is 10.0 Å². The van der Waals surface area contributed by atoms with E-state index in [-0.39, 0.29) is 10.9 Å². The molecule has 0 radical (unpaired) electrons. The predicted octanol–water partition coefficient (Wildman–Crippen LogP) is 1.68. The zero-order valence-corrected chi connectivity index (χ0v) is 11.8. The number of benzene rings is 1. The lowest BCUT2D eigenvalue weighted by Gasteiger charge is -2.24. The van der Waals surface area contributed by atoms with Crippen LogP contribution in [0.25, 0.3) is 0 Å². The fourth-order valence-electron chi connectivity index (χ4n) is 2.11. The molecule has 1 aromatic rings. The third-order valence-corrected chi connectivity index (χ3v) is 5.20. The number of nitrogens with one attached hydrogen (secondary N) is 2. The van der Waals surface area contributed by atoms with E-state index in [1.807, 2.05) is 0 Å². The van der Waals surface area contributed by atoms with Crippen molar-refractivity contribution in [2.75, 3.05) is 13.1 Å². The summed E-state index contributed by atoms with van der Waals surface area (Å²) in [5, 5.41) is 3.65. The molecule has 1 aliphatic rings. The molecule has 18 heavy (non-hydrogen) atoms. The topological polar surface area (TPSA) is 58.2 Å². The second-order valence-corrected chi connectivity index (χ2v) is 6.62. The molecule has 100 valence electrons. The van der Waals surface area contributed by atoms with Crippen LogP contribution in [0.1, 0.15) is 18.4 Å². The van der Waals surface area contributed by atoms with Gasteiger partial charge in [0.05, 0.1) is 4.90 Å². The van der Waals surface area contributed by atoms with Crippen molar-refractivity contribution in [1.82, 2.24) is 10.0 Å². The Bertz CT molecular complexity index is 525. The van der Waals surface area contributed by atoms with E-state index in [0.29, 0.717) is 17.1 Å². The minimum Gasteiger partial charge on any atom is -0.315 e. The van der Waals surface area contributed by atoms with Crippen molar-refractivity contribution in [3.8, 4) is 0 Å². The number of hydrogen-bond donors (Lipinski definition) is 2. The molecule has 0 bridgehead atoms.